The molecule has 5 nitrogen and oxygen atoms in total. The van der Waals surface area contributed by atoms with E-state index in [1.807, 2.05) is 13.8 Å². The lowest BCUT2D eigenvalue weighted by Gasteiger charge is -2.09. The van der Waals surface area contributed by atoms with Gasteiger partial charge in [-0.25, -0.2) is 0 Å². The quantitative estimate of drug-likeness (QED) is 0.379. The molecule has 6 heteroatoms. The maximum absolute atomic E-state index is 10.6. The highest BCUT2D eigenvalue weighted by atomic mass is 32.2. The van der Waals surface area contributed by atoms with Crippen LogP contribution in [0.25, 0.3) is 0 Å². The SMILES string of the molecule is CCOC(C#CCOS(C)(=O)=O)OCC. The fourth-order valence-corrected chi connectivity index (χ4v) is 0.969. The first kappa shape index (κ1) is 14.4. The van der Waals surface area contributed by atoms with Gasteiger partial charge >= 0.3 is 0 Å². The van der Waals surface area contributed by atoms with Crippen molar-refractivity contribution in [2.45, 2.75) is 20.1 Å². The summed E-state index contributed by atoms with van der Waals surface area (Å²) in [6, 6.07) is 0. The van der Waals surface area contributed by atoms with Crippen LogP contribution in [0.2, 0.25) is 0 Å². The van der Waals surface area contributed by atoms with Crippen LogP contribution >= 0.6 is 0 Å². The highest BCUT2D eigenvalue weighted by Crippen LogP contribution is 1.92. The molecule has 0 aromatic heterocycles. The Hall–Kier alpha value is -0.610. The van der Waals surface area contributed by atoms with Gasteiger partial charge in [0.15, 0.2) is 0 Å². The summed E-state index contributed by atoms with van der Waals surface area (Å²) in [5.74, 6) is 5.12. The van der Waals surface area contributed by atoms with Gasteiger partial charge < -0.3 is 9.47 Å². The number of rotatable bonds is 6. The standard InChI is InChI=1S/C9H16O5S/c1-4-12-9(13-5-2)7-6-8-14-15(3,10)11/h9H,4-5,8H2,1-3H3. The maximum Gasteiger partial charge on any atom is 0.265 e. The van der Waals surface area contributed by atoms with Gasteiger partial charge in [0.2, 0.25) is 6.29 Å². The topological polar surface area (TPSA) is 61.8 Å². The van der Waals surface area contributed by atoms with E-state index < -0.39 is 16.4 Å². The molecular formula is C9H16O5S. The molecule has 0 radical (unpaired) electrons. The maximum atomic E-state index is 10.6. The molecule has 0 heterocycles. The normalized spacial score (nSPS) is 11.2. The second kappa shape index (κ2) is 7.65. The van der Waals surface area contributed by atoms with Gasteiger partial charge in [-0.3, -0.25) is 4.18 Å². The molecule has 0 atom stereocenters. The summed E-state index contributed by atoms with van der Waals surface area (Å²) in [4.78, 5) is 0. The van der Waals surface area contributed by atoms with E-state index in [0.717, 1.165) is 6.26 Å². The zero-order chi connectivity index (χ0) is 11.7. The van der Waals surface area contributed by atoms with Crippen LogP contribution in [0.1, 0.15) is 13.8 Å². The molecule has 0 N–H and O–H groups in total. The Balaban J connectivity index is 3.99. The lowest BCUT2D eigenvalue weighted by Crippen LogP contribution is -2.15. The van der Waals surface area contributed by atoms with E-state index in [2.05, 4.69) is 16.0 Å². The second-order valence-electron chi connectivity index (χ2n) is 2.53. The minimum absolute atomic E-state index is 0.185. The third-order valence-electron chi connectivity index (χ3n) is 1.20. The first-order valence-electron chi connectivity index (χ1n) is 4.55. The van der Waals surface area contributed by atoms with E-state index in [1.165, 1.54) is 0 Å². The van der Waals surface area contributed by atoms with E-state index in [9.17, 15) is 8.42 Å². The summed E-state index contributed by atoms with van der Waals surface area (Å²) in [5.41, 5.74) is 0. The first-order chi connectivity index (χ1) is 6.99. The Labute approximate surface area is 90.8 Å². The molecular weight excluding hydrogens is 220 g/mol. The average Bonchev–Trinajstić information content (AvgIpc) is 2.11. The average molecular weight is 236 g/mol. The summed E-state index contributed by atoms with van der Waals surface area (Å²) in [6.07, 6.45) is 0.347. The zero-order valence-corrected chi connectivity index (χ0v) is 9.96. The van der Waals surface area contributed by atoms with Crippen molar-refractivity contribution in [1.29, 1.82) is 0 Å². The Morgan fingerprint density at radius 2 is 1.73 bits per heavy atom. The Kier molecular flexibility index (Phi) is 7.34. The predicted octanol–water partition coefficient (Wildman–Crippen LogP) is 0.365. The highest BCUT2D eigenvalue weighted by molar-refractivity contribution is 7.85. The molecule has 0 rings (SSSR count). The molecule has 0 saturated heterocycles. The summed E-state index contributed by atoms with van der Waals surface area (Å²) < 4.78 is 35.8. The van der Waals surface area contributed by atoms with Crippen molar-refractivity contribution in [2.75, 3.05) is 26.1 Å². The molecule has 0 amide bonds. The van der Waals surface area contributed by atoms with Gasteiger partial charge in [-0.2, -0.15) is 8.42 Å². The Morgan fingerprint density at radius 1 is 1.20 bits per heavy atom. The molecule has 15 heavy (non-hydrogen) atoms. The lowest BCUT2D eigenvalue weighted by atomic mass is 10.5. The van der Waals surface area contributed by atoms with Gasteiger partial charge in [-0.15, -0.1) is 0 Å². The monoisotopic (exact) mass is 236 g/mol. The van der Waals surface area contributed by atoms with E-state index in [-0.39, 0.29) is 6.61 Å². The van der Waals surface area contributed by atoms with Gasteiger partial charge in [0, 0.05) is 13.2 Å². The molecule has 88 valence electrons. The van der Waals surface area contributed by atoms with Crippen LogP contribution in [0.4, 0.5) is 0 Å². The third-order valence-corrected chi connectivity index (χ3v) is 1.75. The van der Waals surface area contributed by atoms with Crippen LogP contribution in [-0.4, -0.2) is 40.8 Å². The largest absolute Gasteiger partial charge is 0.342 e. The predicted molar refractivity (Wildman–Crippen MR) is 55.6 cm³/mol. The van der Waals surface area contributed by atoms with Crippen LogP contribution < -0.4 is 0 Å². The molecule has 0 aliphatic rings. The van der Waals surface area contributed by atoms with Gasteiger partial charge in [0.05, 0.1) is 6.26 Å². The Morgan fingerprint density at radius 3 is 2.13 bits per heavy atom. The number of ether oxygens (including phenoxy) is 2. The van der Waals surface area contributed by atoms with Gasteiger partial charge in [0.25, 0.3) is 10.1 Å². The van der Waals surface area contributed by atoms with Crippen molar-refractivity contribution in [1.82, 2.24) is 0 Å². The van der Waals surface area contributed by atoms with E-state index >= 15 is 0 Å². The van der Waals surface area contributed by atoms with Crippen molar-refractivity contribution in [3.63, 3.8) is 0 Å². The van der Waals surface area contributed by atoms with Gasteiger partial charge in [-0.1, -0.05) is 5.92 Å². The summed E-state index contributed by atoms with van der Waals surface area (Å²) >= 11 is 0. The molecule has 0 spiro atoms. The molecule has 0 aromatic rings. The van der Waals surface area contributed by atoms with Crippen LogP contribution in [0.3, 0.4) is 0 Å². The van der Waals surface area contributed by atoms with Crippen LogP contribution in [0, 0.1) is 11.8 Å². The van der Waals surface area contributed by atoms with Crippen LogP contribution in [0.5, 0.6) is 0 Å². The highest BCUT2D eigenvalue weighted by Gasteiger charge is 2.02. The van der Waals surface area contributed by atoms with E-state index in [4.69, 9.17) is 9.47 Å². The molecule has 0 saturated carbocycles. The number of hydrogen-bond donors (Lipinski definition) is 0. The molecule has 0 bridgehead atoms. The fraction of sp³-hybridized carbons (Fsp3) is 0.778. The van der Waals surface area contributed by atoms with E-state index in [1.54, 1.807) is 0 Å². The van der Waals surface area contributed by atoms with Gasteiger partial charge in [-0.05, 0) is 19.8 Å². The summed E-state index contributed by atoms with van der Waals surface area (Å²) in [7, 11) is -3.43. The first-order valence-corrected chi connectivity index (χ1v) is 6.37. The third kappa shape index (κ3) is 9.69. The fourth-order valence-electron chi connectivity index (χ4n) is 0.696. The summed E-state index contributed by atoms with van der Waals surface area (Å²) in [5, 5.41) is 0. The van der Waals surface area contributed by atoms with Crippen molar-refractivity contribution in [3.8, 4) is 11.8 Å². The van der Waals surface area contributed by atoms with Gasteiger partial charge in [0.1, 0.15) is 6.61 Å². The van der Waals surface area contributed by atoms with Crippen molar-refractivity contribution >= 4 is 10.1 Å². The second-order valence-corrected chi connectivity index (χ2v) is 4.17. The smallest absolute Gasteiger partial charge is 0.265 e. The molecule has 0 aliphatic carbocycles. The van der Waals surface area contributed by atoms with Crippen LogP contribution in [0.15, 0.2) is 0 Å². The Bertz CT molecular complexity index is 305. The summed E-state index contributed by atoms with van der Waals surface area (Å²) in [6.45, 7) is 4.41. The molecule has 0 aliphatic heterocycles. The minimum Gasteiger partial charge on any atom is -0.342 e. The number of hydrogen-bond acceptors (Lipinski definition) is 5. The van der Waals surface area contributed by atoms with Crippen molar-refractivity contribution in [3.05, 3.63) is 0 Å². The zero-order valence-electron chi connectivity index (χ0n) is 9.15. The van der Waals surface area contributed by atoms with Crippen LogP contribution in [-0.2, 0) is 23.8 Å². The van der Waals surface area contributed by atoms with Crippen molar-refractivity contribution in [2.24, 2.45) is 0 Å². The van der Waals surface area contributed by atoms with Crippen molar-refractivity contribution < 1.29 is 22.1 Å². The molecule has 0 fully saturated rings. The minimum atomic E-state index is -3.43. The molecule has 0 unspecified atom stereocenters. The van der Waals surface area contributed by atoms with E-state index in [0.29, 0.717) is 13.2 Å². The molecule has 0 aromatic carbocycles. The lowest BCUT2D eigenvalue weighted by molar-refractivity contribution is -0.0970.